The van der Waals surface area contributed by atoms with Crippen LogP contribution >= 0.6 is 11.6 Å². The molecule has 0 unspecified atom stereocenters. The third-order valence-electron chi connectivity index (χ3n) is 3.12. The summed E-state index contributed by atoms with van der Waals surface area (Å²) in [6, 6.07) is 0. The molecule has 0 spiro atoms. The molecule has 1 aromatic rings. The molecule has 2 rings (SSSR count). The van der Waals surface area contributed by atoms with E-state index in [2.05, 4.69) is 10.2 Å². The van der Waals surface area contributed by atoms with Gasteiger partial charge in [0.05, 0.1) is 11.8 Å². The quantitative estimate of drug-likeness (QED) is 0.821. The molecule has 1 heterocycles. The number of carbonyl (C=O) groups is 1. The Labute approximate surface area is 100.0 Å². The zero-order valence-corrected chi connectivity index (χ0v) is 10.3. The van der Waals surface area contributed by atoms with Crippen LogP contribution in [0.25, 0.3) is 0 Å². The van der Waals surface area contributed by atoms with Gasteiger partial charge in [-0.15, -0.1) is 11.6 Å². The molecule has 0 aliphatic heterocycles. The molecule has 1 aliphatic rings. The van der Waals surface area contributed by atoms with E-state index < -0.39 is 0 Å². The highest BCUT2D eigenvalue weighted by molar-refractivity contribution is 6.21. The maximum absolute atomic E-state index is 12.0. The van der Waals surface area contributed by atoms with Crippen LogP contribution in [0.3, 0.4) is 0 Å². The first-order valence-electron chi connectivity index (χ1n) is 5.47. The van der Waals surface area contributed by atoms with E-state index in [-0.39, 0.29) is 5.91 Å². The Morgan fingerprint density at radius 1 is 1.69 bits per heavy atom. The minimum Gasteiger partial charge on any atom is -0.341 e. The number of rotatable bonds is 3. The fourth-order valence-corrected chi connectivity index (χ4v) is 2.55. The normalized spacial score (nSPS) is 23.9. The Hall–Kier alpha value is -1.03. The third kappa shape index (κ3) is 2.21. The molecule has 0 aromatic carbocycles. The van der Waals surface area contributed by atoms with E-state index in [1.807, 2.05) is 14.0 Å². The van der Waals surface area contributed by atoms with Crippen molar-refractivity contribution in [3.8, 4) is 0 Å². The second-order valence-corrected chi connectivity index (χ2v) is 5.15. The van der Waals surface area contributed by atoms with Gasteiger partial charge < -0.3 is 4.90 Å². The molecule has 0 bridgehead atoms. The second-order valence-electron chi connectivity index (χ2n) is 4.53. The number of nitrogens with zero attached hydrogens (tertiary/aromatic N) is 2. The minimum atomic E-state index is 0.0317. The molecule has 5 heteroatoms. The molecule has 1 N–H and O–H groups in total. The monoisotopic (exact) mass is 241 g/mol. The predicted octanol–water partition coefficient (Wildman–Crippen LogP) is 1.81. The van der Waals surface area contributed by atoms with Crippen molar-refractivity contribution in [1.29, 1.82) is 0 Å². The summed E-state index contributed by atoms with van der Waals surface area (Å²) in [5.41, 5.74) is 1.48. The van der Waals surface area contributed by atoms with Crippen LogP contribution in [0.15, 0.2) is 6.20 Å². The van der Waals surface area contributed by atoms with Gasteiger partial charge >= 0.3 is 0 Å². The summed E-state index contributed by atoms with van der Waals surface area (Å²) in [4.78, 5) is 13.8. The minimum absolute atomic E-state index is 0.0317. The van der Waals surface area contributed by atoms with Gasteiger partial charge in [0.25, 0.3) is 5.91 Å². The lowest BCUT2D eigenvalue weighted by atomic mass is 9.84. The van der Waals surface area contributed by atoms with Crippen LogP contribution < -0.4 is 0 Å². The summed E-state index contributed by atoms with van der Waals surface area (Å²) in [7, 11) is 1.83. The molecule has 4 nitrogen and oxygen atoms in total. The van der Waals surface area contributed by atoms with Crippen LogP contribution in [0.1, 0.15) is 28.9 Å². The van der Waals surface area contributed by atoms with Crippen LogP contribution in [-0.2, 0) is 0 Å². The lowest BCUT2D eigenvalue weighted by Gasteiger charge is -2.34. The first-order valence-corrected chi connectivity index (χ1v) is 5.91. The number of aromatic nitrogens is 2. The topological polar surface area (TPSA) is 49.0 Å². The molecule has 1 aromatic heterocycles. The zero-order valence-electron chi connectivity index (χ0n) is 9.53. The van der Waals surface area contributed by atoms with Gasteiger partial charge in [-0.2, -0.15) is 5.10 Å². The smallest absolute Gasteiger partial charge is 0.257 e. The van der Waals surface area contributed by atoms with Crippen LogP contribution in [0.2, 0.25) is 0 Å². The number of aromatic amines is 1. The van der Waals surface area contributed by atoms with E-state index in [4.69, 9.17) is 11.6 Å². The molecular formula is C11H16ClN3O. The Kier molecular flexibility index (Phi) is 3.19. The van der Waals surface area contributed by atoms with Crippen LogP contribution in [-0.4, -0.2) is 40.0 Å². The van der Waals surface area contributed by atoms with E-state index in [1.165, 1.54) is 0 Å². The first kappa shape index (κ1) is 11.5. The van der Waals surface area contributed by atoms with E-state index in [1.54, 1.807) is 11.1 Å². The molecule has 16 heavy (non-hydrogen) atoms. The van der Waals surface area contributed by atoms with Crippen molar-refractivity contribution in [1.82, 2.24) is 15.1 Å². The van der Waals surface area contributed by atoms with Gasteiger partial charge in [-0.05, 0) is 25.7 Å². The lowest BCUT2D eigenvalue weighted by Crippen LogP contribution is -2.38. The number of alkyl halides is 1. The summed E-state index contributed by atoms with van der Waals surface area (Å²) in [5.74, 6) is 0.591. The molecule has 0 saturated heterocycles. The maximum Gasteiger partial charge on any atom is 0.257 e. The van der Waals surface area contributed by atoms with Crippen molar-refractivity contribution >= 4 is 17.5 Å². The highest BCUT2D eigenvalue weighted by Crippen LogP contribution is 2.32. The van der Waals surface area contributed by atoms with Gasteiger partial charge in [0.1, 0.15) is 0 Å². The summed E-state index contributed by atoms with van der Waals surface area (Å²) >= 11 is 5.91. The number of halogens is 1. The summed E-state index contributed by atoms with van der Waals surface area (Å²) in [6.45, 7) is 2.64. The fourth-order valence-electron chi connectivity index (χ4n) is 2.05. The number of aryl methyl sites for hydroxylation is 1. The van der Waals surface area contributed by atoms with Gasteiger partial charge in [0, 0.05) is 24.7 Å². The molecule has 0 radical (unpaired) electrons. The van der Waals surface area contributed by atoms with Crippen LogP contribution in [0.4, 0.5) is 0 Å². The maximum atomic E-state index is 12.0. The number of hydrogen-bond acceptors (Lipinski definition) is 2. The third-order valence-corrected chi connectivity index (χ3v) is 3.47. The predicted molar refractivity (Wildman–Crippen MR) is 62.7 cm³/mol. The number of amides is 1. The van der Waals surface area contributed by atoms with Crippen molar-refractivity contribution in [3.05, 3.63) is 17.5 Å². The van der Waals surface area contributed by atoms with Gasteiger partial charge in [-0.1, -0.05) is 0 Å². The molecular weight excluding hydrogens is 226 g/mol. The molecule has 1 saturated carbocycles. The van der Waals surface area contributed by atoms with Crippen molar-refractivity contribution in [2.75, 3.05) is 13.6 Å². The van der Waals surface area contributed by atoms with E-state index >= 15 is 0 Å². The standard InChI is InChI=1S/C11H16ClN3O/c1-7-10(5-13-14-7)11(16)15(2)6-8-3-9(12)4-8/h5,8-9H,3-4,6H2,1-2H3,(H,13,14). The number of carbonyl (C=O) groups excluding carboxylic acids is 1. The van der Waals surface area contributed by atoms with Crippen molar-refractivity contribution < 1.29 is 4.79 Å². The van der Waals surface area contributed by atoms with Gasteiger partial charge in [0.15, 0.2) is 0 Å². The lowest BCUT2D eigenvalue weighted by molar-refractivity contribution is 0.0746. The SMILES string of the molecule is Cc1[nH]ncc1C(=O)N(C)CC1CC(Cl)C1. The van der Waals surface area contributed by atoms with Crippen molar-refractivity contribution in [2.24, 2.45) is 5.92 Å². The van der Waals surface area contributed by atoms with E-state index in [0.717, 1.165) is 25.1 Å². The number of hydrogen-bond donors (Lipinski definition) is 1. The number of H-pyrrole nitrogens is 1. The Balaban J connectivity index is 1.92. The second kappa shape index (κ2) is 4.45. The van der Waals surface area contributed by atoms with E-state index in [9.17, 15) is 4.79 Å². The molecule has 1 aliphatic carbocycles. The molecule has 0 atom stereocenters. The highest BCUT2D eigenvalue weighted by Gasteiger charge is 2.29. The van der Waals surface area contributed by atoms with Gasteiger partial charge in [-0.3, -0.25) is 9.89 Å². The summed E-state index contributed by atoms with van der Waals surface area (Å²) in [5, 5.41) is 6.94. The Bertz CT molecular complexity index is 384. The zero-order chi connectivity index (χ0) is 11.7. The van der Waals surface area contributed by atoms with Crippen molar-refractivity contribution in [3.63, 3.8) is 0 Å². The Morgan fingerprint density at radius 2 is 2.38 bits per heavy atom. The largest absolute Gasteiger partial charge is 0.341 e. The fraction of sp³-hybridized carbons (Fsp3) is 0.636. The van der Waals surface area contributed by atoms with Crippen molar-refractivity contribution in [2.45, 2.75) is 25.1 Å². The molecule has 1 amide bonds. The molecule has 88 valence electrons. The average Bonchev–Trinajstić information content (AvgIpc) is 2.61. The Morgan fingerprint density at radius 3 is 2.88 bits per heavy atom. The first-order chi connectivity index (χ1) is 7.58. The van der Waals surface area contributed by atoms with E-state index in [0.29, 0.717) is 16.9 Å². The summed E-state index contributed by atoms with van der Waals surface area (Å²) < 4.78 is 0. The summed E-state index contributed by atoms with van der Waals surface area (Å²) in [6.07, 6.45) is 3.62. The van der Waals surface area contributed by atoms with Crippen LogP contribution in [0, 0.1) is 12.8 Å². The van der Waals surface area contributed by atoms with Gasteiger partial charge in [-0.25, -0.2) is 0 Å². The molecule has 1 fully saturated rings. The highest BCUT2D eigenvalue weighted by atomic mass is 35.5. The van der Waals surface area contributed by atoms with Crippen LogP contribution in [0.5, 0.6) is 0 Å². The number of nitrogens with one attached hydrogen (secondary N) is 1. The average molecular weight is 242 g/mol. The van der Waals surface area contributed by atoms with Gasteiger partial charge in [0.2, 0.25) is 0 Å².